The summed E-state index contributed by atoms with van der Waals surface area (Å²) in [6.07, 6.45) is 4.34. The molecule has 0 radical (unpaired) electrons. The van der Waals surface area contributed by atoms with Gasteiger partial charge in [0.25, 0.3) is 0 Å². The van der Waals surface area contributed by atoms with Crippen LogP contribution in [0, 0.1) is 27.7 Å². The number of pyridine rings is 1. The fourth-order valence-corrected chi connectivity index (χ4v) is 4.04. The molecule has 130 valence electrons. The van der Waals surface area contributed by atoms with Crippen molar-refractivity contribution >= 4 is 0 Å². The number of hydrogen-bond donors (Lipinski definition) is 0. The molecule has 1 atom stereocenters. The SMILES string of the molecule is COc1c(C)cnc(CN2CCCC2c2c(C)nn(C)c2C)c1C. The van der Waals surface area contributed by atoms with Crippen molar-refractivity contribution in [2.45, 2.75) is 53.1 Å². The first-order valence-corrected chi connectivity index (χ1v) is 8.67. The van der Waals surface area contributed by atoms with Crippen LogP contribution in [0.2, 0.25) is 0 Å². The Balaban J connectivity index is 1.90. The number of ether oxygens (including phenoxy) is 1. The largest absolute Gasteiger partial charge is 0.496 e. The van der Waals surface area contributed by atoms with Crippen LogP contribution < -0.4 is 4.74 Å². The highest BCUT2D eigenvalue weighted by molar-refractivity contribution is 5.41. The summed E-state index contributed by atoms with van der Waals surface area (Å²) in [6.45, 7) is 10.4. The molecule has 2 aromatic rings. The summed E-state index contributed by atoms with van der Waals surface area (Å²) >= 11 is 0. The highest BCUT2D eigenvalue weighted by atomic mass is 16.5. The summed E-state index contributed by atoms with van der Waals surface area (Å²) in [6, 6.07) is 0.437. The minimum absolute atomic E-state index is 0.437. The summed E-state index contributed by atoms with van der Waals surface area (Å²) in [5.41, 5.74) is 7.18. The van der Waals surface area contributed by atoms with E-state index in [0.717, 1.165) is 41.4 Å². The molecule has 0 N–H and O–H groups in total. The molecular weight excluding hydrogens is 300 g/mol. The molecule has 0 saturated carbocycles. The number of rotatable bonds is 4. The lowest BCUT2D eigenvalue weighted by atomic mass is 10.0. The highest BCUT2D eigenvalue weighted by Gasteiger charge is 2.31. The first-order valence-electron chi connectivity index (χ1n) is 8.67. The lowest BCUT2D eigenvalue weighted by Crippen LogP contribution is -2.24. The lowest BCUT2D eigenvalue weighted by molar-refractivity contribution is 0.243. The molecule has 0 bridgehead atoms. The van der Waals surface area contributed by atoms with E-state index in [9.17, 15) is 0 Å². The Hall–Kier alpha value is -1.88. The molecule has 3 rings (SSSR count). The van der Waals surface area contributed by atoms with E-state index in [1.807, 2.05) is 24.9 Å². The molecule has 5 heteroatoms. The van der Waals surface area contributed by atoms with Crippen LogP contribution in [-0.2, 0) is 13.6 Å². The number of nitrogens with zero attached hydrogens (tertiary/aromatic N) is 4. The van der Waals surface area contributed by atoms with Crippen LogP contribution >= 0.6 is 0 Å². The Kier molecular flexibility index (Phi) is 4.63. The Morgan fingerprint density at radius 3 is 2.62 bits per heavy atom. The third-order valence-corrected chi connectivity index (χ3v) is 5.36. The van der Waals surface area contributed by atoms with Crippen LogP contribution in [0.5, 0.6) is 5.75 Å². The van der Waals surface area contributed by atoms with Gasteiger partial charge in [0, 0.05) is 48.2 Å². The van der Waals surface area contributed by atoms with Crippen molar-refractivity contribution in [3.05, 3.63) is 40.0 Å². The maximum atomic E-state index is 5.56. The quantitative estimate of drug-likeness (QED) is 0.863. The smallest absolute Gasteiger partial charge is 0.128 e. The first kappa shape index (κ1) is 17.0. The lowest BCUT2D eigenvalue weighted by Gasteiger charge is -2.26. The van der Waals surface area contributed by atoms with Crippen LogP contribution in [0.15, 0.2) is 6.20 Å². The van der Waals surface area contributed by atoms with Gasteiger partial charge in [-0.3, -0.25) is 14.6 Å². The topological polar surface area (TPSA) is 43.2 Å². The Morgan fingerprint density at radius 1 is 1.25 bits per heavy atom. The van der Waals surface area contributed by atoms with Crippen molar-refractivity contribution in [2.75, 3.05) is 13.7 Å². The second-order valence-electron chi connectivity index (χ2n) is 6.88. The molecule has 24 heavy (non-hydrogen) atoms. The molecule has 3 heterocycles. The molecule has 1 unspecified atom stereocenters. The summed E-state index contributed by atoms with van der Waals surface area (Å²) in [7, 11) is 3.77. The number of aromatic nitrogens is 3. The van der Waals surface area contributed by atoms with Crippen LogP contribution in [-0.4, -0.2) is 33.3 Å². The van der Waals surface area contributed by atoms with E-state index in [2.05, 4.69) is 35.8 Å². The monoisotopic (exact) mass is 328 g/mol. The van der Waals surface area contributed by atoms with Crippen molar-refractivity contribution in [2.24, 2.45) is 7.05 Å². The van der Waals surface area contributed by atoms with Crippen molar-refractivity contribution < 1.29 is 4.74 Å². The van der Waals surface area contributed by atoms with E-state index in [4.69, 9.17) is 4.74 Å². The predicted molar refractivity (Wildman–Crippen MR) is 95.3 cm³/mol. The van der Waals surface area contributed by atoms with E-state index >= 15 is 0 Å². The van der Waals surface area contributed by atoms with E-state index in [0.29, 0.717) is 6.04 Å². The van der Waals surface area contributed by atoms with Gasteiger partial charge in [-0.05, 0) is 47.1 Å². The zero-order valence-corrected chi connectivity index (χ0v) is 15.7. The molecular formula is C19H28N4O. The van der Waals surface area contributed by atoms with Crippen molar-refractivity contribution in [1.29, 1.82) is 0 Å². The Labute approximate surface area is 144 Å². The minimum atomic E-state index is 0.437. The molecule has 0 aliphatic carbocycles. The molecule has 1 aliphatic rings. The summed E-state index contributed by atoms with van der Waals surface area (Å²) in [4.78, 5) is 7.23. The number of methoxy groups -OCH3 is 1. The summed E-state index contributed by atoms with van der Waals surface area (Å²) in [5.74, 6) is 0.962. The molecule has 0 amide bonds. The van der Waals surface area contributed by atoms with Crippen LogP contribution in [0.25, 0.3) is 0 Å². The third kappa shape index (κ3) is 2.81. The minimum Gasteiger partial charge on any atom is -0.496 e. The van der Waals surface area contributed by atoms with Gasteiger partial charge in [-0.25, -0.2) is 0 Å². The van der Waals surface area contributed by atoms with Crippen molar-refractivity contribution in [1.82, 2.24) is 19.7 Å². The zero-order valence-electron chi connectivity index (χ0n) is 15.7. The van der Waals surface area contributed by atoms with Gasteiger partial charge < -0.3 is 4.74 Å². The molecule has 1 fully saturated rings. The van der Waals surface area contributed by atoms with Gasteiger partial charge in [-0.2, -0.15) is 5.10 Å². The standard InChI is InChI=1S/C19H28N4O/c1-12-10-20-16(13(2)19(12)24-6)11-23-9-7-8-17(23)18-14(3)21-22(5)15(18)4/h10,17H,7-9,11H2,1-6H3. The van der Waals surface area contributed by atoms with Crippen LogP contribution in [0.3, 0.4) is 0 Å². The normalized spacial score (nSPS) is 18.3. The van der Waals surface area contributed by atoms with Gasteiger partial charge in [0.15, 0.2) is 0 Å². The highest BCUT2D eigenvalue weighted by Crippen LogP contribution is 2.37. The molecule has 0 aromatic carbocycles. The predicted octanol–water partition coefficient (Wildman–Crippen LogP) is 3.39. The average Bonchev–Trinajstić information content (AvgIpc) is 3.07. The summed E-state index contributed by atoms with van der Waals surface area (Å²) in [5, 5.41) is 4.61. The van der Waals surface area contributed by atoms with Gasteiger partial charge in [0.1, 0.15) is 5.75 Å². The second kappa shape index (κ2) is 6.55. The molecule has 5 nitrogen and oxygen atoms in total. The second-order valence-corrected chi connectivity index (χ2v) is 6.88. The molecule has 2 aromatic heterocycles. The van der Waals surface area contributed by atoms with Gasteiger partial charge >= 0.3 is 0 Å². The third-order valence-electron chi connectivity index (χ3n) is 5.36. The maximum Gasteiger partial charge on any atom is 0.128 e. The number of likely N-dealkylation sites (tertiary alicyclic amines) is 1. The number of aryl methyl sites for hydroxylation is 3. The van der Waals surface area contributed by atoms with Crippen molar-refractivity contribution in [3.63, 3.8) is 0 Å². The Bertz CT molecular complexity index is 750. The fraction of sp³-hybridized carbons (Fsp3) is 0.579. The van der Waals surface area contributed by atoms with E-state index in [1.54, 1.807) is 7.11 Å². The van der Waals surface area contributed by atoms with Gasteiger partial charge in [0.2, 0.25) is 0 Å². The maximum absolute atomic E-state index is 5.56. The average molecular weight is 328 g/mol. The number of hydrogen-bond acceptors (Lipinski definition) is 4. The molecule has 0 spiro atoms. The fourth-order valence-electron chi connectivity index (χ4n) is 4.04. The first-order chi connectivity index (χ1) is 11.4. The van der Waals surface area contributed by atoms with Crippen LogP contribution in [0.4, 0.5) is 0 Å². The van der Waals surface area contributed by atoms with Crippen molar-refractivity contribution in [3.8, 4) is 5.75 Å². The Morgan fingerprint density at radius 2 is 2.00 bits per heavy atom. The molecule has 1 aliphatic heterocycles. The van der Waals surface area contributed by atoms with E-state index < -0.39 is 0 Å². The van der Waals surface area contributed by atoms with Crippen LogP contribution in [0.1, 0.15) is 52.7 Å². The van der Waals surface area contributed by atoms with Gasteiger partial charge in [0.05, 0.1) is 18.5 Å². The van der Waals surface area contributed by atoms with Gasteiger partial charge in [-0.1, -0.05) is 0 Å². The van der Waals surface area contributed by atoms with E-state index in [1.165, 1.54) is 24.1 Å². The summed E-state index contributed by atoms with van der Waals surface area (Å²) < 4.78 is 7.56. The van der Waals surface area contributed by atoms with Gasteiger partial charge in [-0.15, -0.1) is 0 Å². The molecule has 1 saturated heterocycles. The van der Waals surface area contributed by atoms with E-state index in [-0.39, 0.29) is 0 Å². The zero-order chi connectivity index (χ0) is 17.4.